The summed E-state index contributed by atoms with van der Waals surface area (Å²) in [7, 11) is -9.77. The van der Waals surface area contributed by atoms with Crippen LogP contribution in [0, 0.1) is 0 Å². The minimum absolute atomic E-state index is 0.393. The molecule has 0 saturated heterocycles. The van der Waals surface area contributed by atoms with E-state index in [2.05, 4.69) is 0 Å². The number of hydrogen-bond acceptors (Lipinski definition) is 4. The van der Waals surface area contributed by atoms with Crippen molar-refractivity contribution in [1.29, 1.82) is 0 Å². The molecule has 0 bridgehead atoms. The first-order valence-corrected chi connectivity index (χ1v) is 10.0. The first-order chi connectivity index (χ1) is 8.14. The normalized spacial score (nSPS) is 13.0. The van der Waals surface area contributed by atoms with E-state index in [1.54, 1.807) is 24.3 Å². The summed E-state index contributed by atoms with van der Waals surface area (Å²) in [6.45, 7) is 0. The van der Waals surface area contributed by atoms with E-state index < -0.39 is 19.9 Å². The summed E-state index contributed by atoms with van der Waals surface area (Å²) >= 11 is 1.98. The van der Waals surface area contributed by atoms with Crippen molar-refractivity contribution in [2.24, 2.45) is 0 Å². The van der Waals surface area contributed by atoms with Gasteiger partial charge < -0.3 is 19.6 Å². The Balaban J connectivity index is 2.97. The zero-order chi connectivity index (χ0) is 14.0. The predicted octanol–water partition coefficient (Wildman–Crippen LogP) is 2.14. The van der Waals surface area contributed by atoms with Crippen molar-refractivity contribution in [3.05, 3.63) is 24.3 Å². The topological polar surface area (TPSA) is 115 Å². The molecular weight excluding hydrogens is 318 g/mol. The average Bonchev–Trinajstić information content (AvgIpc) is 2.23. The molecule has 6 nitrogen and oxygen atoms in total. The van der Waals surface area contributed by atoms with Gasteiger partial charge in [-0.1, -0.05) is 11.8 Å². The molecule has 0 atom stereocenters. The van der Waals surface area contributed by atoms with Crippen molar-refractivity contribution in [3.63, 3.8) is 0 Å². The SMILES string of the molecule is CSc1ccc(SC(P(=O)(O)O)P(=O)(O)O)cc1. The number of hydrogen-bond donors (Lipinski definition) is 4. The molecule has 0 aliphatic heterocycles. The standard InChI is InChI=1S/C8H12O6P2S2/c1-17-6-2-4-7(5-3-6)18-8(15(9,10)11)16(12,13)14/h2-5,8H,1H3,(H2,9,10,11)(H2,12,13,14). The van der Waals surface area contributed by atoms with Crippen LogP contribution in [0.2, 0.25) is 0 Å². The van der Waals surface area contributed by atoms with Gasteiger partial charge in [-0.2, -0.15) is 0 Å². The van der Waals surface area contributed by atoms with Gasteiger partial charge >= 0.3 is 15.2 Å². The van der Waals surface area contributed by atoms with Gasteiger partial charge in [0.25, 0.3) is 0 Å². The number of thioether (sulfide) groups is 2. The lowest BCUT2D eigenvalue weighted by atomic mass is 10.4. The van der Waals surface area contributed by atoms with Gasteiger partial charge in [-0.15, -0.1) is 11.8 Å². The molecule has 18 heavy (non-hydrogen) atoms. The quantitative estimate of drug-likeness (QED) is 0.479. The van der Waals surface area contributed by atoms with Crippen molar-refractivity contribution in [3.8, 4) is 0 Å². The van der Waals surface area contributed by atoms with Crippen LogP contribution in [-0.4, -0.2) is 30.6 Å². The molecule has 0 aliphatic carbocycles. The summed E-state index contributed by atoms with van der Waals surface area (Å²) in [5, 5.41) is 0. The molecule has 0 spiro atoms. The largest absolute Gasteiger partial charge is 0.351 e. The lowest BCUT2D eigenvalue weighted by molar-refractivity contribution is 0.352. The van der Waals surface area contributed by atoms with Gasteiger partial charge in [0, 0.05) is 9.79 Å². The molecule has 1 aromatic carbocycles. The second-order valence-electron chi connectivity index (χ2n) is 3.30. The van der Waals surface area contributed by atoms with Crippen LogP contribution in [0.3, 0.4) is 0 Å². The van der Waals surface area contributed by atoms with Gasteiger partial charge in [0.05, 0.1) is 0 Å². The minimum Gasteiger partial charge on any atom is -0.323 e. The fourth-order valence-electron chi connectivity index (χ4n) is 1.11. The maximum Gasteiger partial charge on any atom is 0.351 e. The summed E-state index contributed by atoms with van der Waals surface area (Å²) in [5.74, 6) is 0. The van der Waals surface area contributed by atoms with Crippen LogP contribution < -0.4 is 0 Å². The van der Waals surface area contributed by atoms with Gasteiger partial charge in [-0.3, -0.25) is 9.13 Å². The third-order valence-corrected chi connectivity index (χ3v) is 8.61. The van der Waals surface area contributed by atoms with E-state index >= 15 is 0 Å². The Kier molecular flexibility index (Phi) is 5.53. The second-order valence-corrected chi connectivity index (χ2v) is 9.85. The highest BCUT2D eigenvalue weighted by Crippen LogP contribution is 2.65. The minimum atomic E-state index is -4.89. The Labute approximate surface area is 113 Å². The summed E-state index contributed by atoms with van der Waals surface area (Å²) < 4.78 is 20.1. The lowest BCUT2D eigenvalue weighted by Gasteiger charge is -2.18. The molecular formula is C8H12O6P2S2. The highest BCUT2D eigenvalue weighted by Gasteiger charge is 2.44. The fraction of sp³-hybridized carbons (Fsp3) is 0.250. The molecule has 1 aromatic rings. The lowest BCUT2D eigenvalue weighted by Crippen LogP contribution is -2.04. The van der Waals surface area contributed by atoms with Crippen LogP contribution in [0.5, 0.6) is 0 Å². The third kappa shape index (κ3) is 4.72. The summed E-state index contributed by atoms with van der Waals surface area (Å²) in [4.78, 5) is 37.2. The molecule has 0 heterocycles. The molecule has 0 fully saturated rings. The third-order valence-electron chi connectivity index (χ3n) is 1.88. The van der Waals surface area contributed by atoms with Gasteiger partial charge in [0.1, 0.15) is 0 Å². The molecule has 0 unspecified atom stereocenters. The van der Waals surface area contributed by atoms with Crippen LogP contribution in [0.4, 0.5) is 0 Å². The maximum absolute atomic E-state index is 11.1. The fourth-order valence-corrected chi connectivity index (χ4v) is 5.45. The zero-order valence-electron chi connectivity index (χ0n) is 9.20. The van der Waals surface area contributed by atoms with E-state index in [-0.39, 0.29) is 0 Å². The predicted molar refractivity (Wildman–Crippen MR) is 72.0 cm³/mol. The summed E-state index contributed by atoms with van der Waals surface area (Å²) in [5.41, 5.74) is 0. The molecule has 0 aromatic heterocycles. The molecule has 10 heteroatoms. The van der Waals surface area contributed by atoms with Crippen LogP contribution in [0.25, 0.3) is 0 Å². The average molecular weight is 330 g/mol. The first-order valence-electron chi connectivity index (χ1n) is 4.56. The van der Waals surface area contributed by atoms with Gasteiger partial charge in [0.2, 0.25) is 4.73 Å². The van der Waals surface area contributed by atoms with Crippen molar-refractivity contribution < 1.29 is 28.7 Å². The molecule has 4 N–H and O–H groups in total. The van der Waals surface area contributed by atoms with Gasteiger partial charge in [-0.25, -0.2) is 0 Å². The molecule has 102 valence electrons. The van der Waals surface area contributed by atoms with Crippen molar-refractivity contribution >= 4 is 38.7 Å². The van der Waals surface area contributed by atoms with Crippen molar-refractivity contribution in [2.75, 3.05) is 6.26 Å². The van der Waals surface area contributed by atoms with Crippen LogP contribution in [-0.2, 0) is 9.13 Å². The smallest absolute Gasteiger partial charge is 0.323 e. The van der Waals surface area contributed by atoms with Crippen molar-refractivity contribution in [2.45, 2.75) is 14.5 Å². The van der Waals surface area contributed by atoms with E-state index in [9.17, 15) is 9.13 Å². The maximum atomic E-state index is 11.1. The van der Waals surface area contributed by atoms with E-state index in [4.69, 9.17) is 19.6 Å². The second kappa shape index (κ2) is 6.11. The van der Waals surface area contributed by atoms with Crippen LogP contribution >= 0.6 is 38.7 Å². The molecule has 0 amide bonds. The van der Waals surface area contributed by atoms with Crippen LogP contribution in [0.1, 0.15) is 0 Å². The van der Waals surface area contributed by atoms with Crippen molar-refractivity contribution in [1.82, 2.24) is 0 Å². The zero-order valence-corrected chi connectivity index (χ0v) is 12.6. The molecule has 0 aliphatic rings. The van der Waals surface area contributed by atoms with E-state index in [1.807, 2.05) is 6.26 Å². The Morgan fingerprint density at radius 2 is 1.33 bits per heavy atom. The number of benzene rings is 1. The van der Waals surface area contributed by atoms with Gasteiger partial charge in [-0.05, 0) is 30.5 Å². The highest BCUT2D eigenvalue weighted by atomic mass is 32.2. The number of rotatable bonds is 5. The molecule has 0 radical (unpaired) electrons. The monoisotopic (exact) mass is 330 g/mol. The van der Waals surface area contributed by atoms with E-state index in [0.717, 1.165) is 4.90 Å². The Bertz CT molecular complexity index is 471. The molecule has 1 rings (SSSR count). The first kappa shape index (κ1) is 16.3. The summed E-state index contributed by atoms with van der Waals surface area (Å²) in [6, 6.07) is 6.55. The van der Waals surface area contributed by atoms with E-state index in [1.165, 1.54) is 11.8 Å². The van der Waals surface area contributed by atoms with Crippen LogP contribution in [0.15, 0.2) is 34.1 Å². The Hall–Kier alpha value is 0.220. The van der Waals surface area contributed by atoms with Gasteiger partial charge in [0.15, 0.2) is 0 Å². The highest BCUT2D eigenvalue weighted by molar-refractivity contribution is 8.12. The van der Waals surface area contributed by atoms with E-state index in [0.29, 0.717) is 16.7 Å². The molecule has 0 saturated carbocycles. The summed E-state index contributed by atoms with van der Waals surface area (Å²) in [6.07, 6.45) is 1.87. The Morgan fingerprint density at radius 1 is 0.944 bits per heavy atom. The Morgan fingerprint density at radius 3 is 1.67 bits per heavy atom.